The number of rotatable bonds is 4. The van der Waals surface area contributed by atoms with Gasteiger partial charge in [-0.25, -0.2) is 0 Å². The molecule has 3 rings (SSSR count). The van der Waals surface area contributed by atoms with E-state index in [-0.39, 0.29) is 24.3 Å². The number of nitrogens with zero attached hydrogens (tertiary/aromatic N) is 3. The first-order chi connectivity index (χ1) is 12.5. The van der Waals surface area contributed by atoms with Crippen molar-refractivity contribution in [1.29, 1.82) is 0 Å². The maximum absolute atomic E-state index is 12.8. The van der Waals surface area contributed by atoms with Crippen LogP contribution in [0.25, 0.3) is 10.8 Å². The fourth-order valence-electron chi connectivity index (χ4n) is 3.24. The van der Waals surface area contributed by atoms with Gasteiger partial charge in [0.15, 0.2) is 0 Å². The minimum absolute atomic E-state index is 0.0419. The van der Waals surface area contributed by atoms with Crippen molar-refractivity contribution in [3.63, 3.8) is 0 Å². The Labute approximate surface area is 151 Å². The van der Waals surface area contributed by atoms with Gasteiger partial charge in [-0.1, -0.05) is 24.3 Å². The highest BCUT2D eigenvalue weighted by molar-refractivity contribution is 6.07. The van der Waals surface area contributed by atoms with Gasteiger partial charge in [-0.2, -0.15) is 0 Å². The maximum Gasteiger partial charge on any atom is 0.306 e. The molecule has 0 atom stereocenters. The first-order valence-electron chi connectivity index (χ1n) is 8.56. The second-order valence-corrected chi connectivity index (χ2v) is 6.56. The van der Waals surface area contributed by atoms with E-state index in [1.807, 2.05) is 24.3 Å². The molecule has 1 N–H and O–H groups in total. The van der Waals surface area contributed by atoms with Crippen LogP contribution < -0.4 is 0 Å². The maximum atomic E-state index is 12.8. The van der Waals surface area contributed by atoms with Crippen molar-refractivity contribution >= 4 is 28.6 Å². The zero-order chi connectivity index (χ0) is 18.7. The summed E-state index contributed by atoms with van der Waals surface area (Å²) in [6.45, 7) is 0.779. The van der Waals surface area contributed by atoms with Crippen LogP contribution in [0.15, 0.2) is 36.7 Å². The molecule has 26 heavy (non-hydrogen) atoms. The number of aliphatic carboxylic acids is 1. The normalized spacial score (nSPS) is 15.0. The number of carboxylic acid groups (broad SMARTS) is 1. The van der Waals surface area contributed by atoms with Gasteiger partial charge in [0.2, 0.25) is 5.91 Å². The highest BCUT2D eigenvalue weighted by Crippen LogP contribution is 2.19. The van der Waals surface area contributed by atoms with Gasteiger partial charge >= 0.3 is 5.97 Å². The SMILES string of the molecule is CN(CC(=O)N1CCC(C(=O)O)CC1)C(=O)c1cncc2ccccc12. The van der Waals surface area contributed by atoms with Crippen LogP contribution in [-0.4, -0.2) is 64.4 Å². The van der Waals surface area contributed by atoms with Crippen molar-refractivity contribution in [2.24, 2.45) is 5.92 Å². The molecule has 2 aromatic rings. The summed E-state index contributed by atoms with van der Waals surface area (Å²) in [6, 6.07) is 7.48. The Balaban J connectivity index is 1.66. The van der Waals surface area contributed by atoms with Gasteiger partial charge in [0.25, 0.3) is 5.91 Å². The van der Waals surface area contributed by atoms with Crippen LogP contribution >= 0.6 is 0 Å². The summed E-state index contributed by atoms with van der Waals surface area (Å²) in [7, 11) is 1.59. The van der Waals surface area contributed by atoms with Gasteiger partial charge < -0.3 is 14.9 Å². The van der Waals surface area contributed by atoms with Crippen molar-refractivity contribution in [1.82, 2.24) is 14.8 Å². The molecule has 0 spiro atoms. The molecule has 1 aliphatic heterocycles. The molecular formula is C19H21N3O4. The largest absolute Gasteiger partial charge is 0.481 e. The number of aromatic nitrogens is 1. The number of carboxylic acids is 1. The van der Waals surface area contributed by atoms with Crippen LogP contribution in [0.4, 0.5) is 0 Å². The Morgan fingerprint density at radius 3 is 2.58 bits per heavy atom. The summed E-state index contributed by atoms with van der Waals surface area (Å²) in [6.07, 6.45) is 4.12. The van der Waals surface area contributed by atoms with E-state index in [1.165, 1.54) is 11.1 Å². The Kier molecular flexibility index (Phi) is 5.16. The van der Waals surface area contributed by atoms with Crippen LogP contribution in [0, 0.1) is 5.92 Å². The van der Waals surface area contributed by atoms with Gasteiger partial charge in [-0.15, -0.1) is 0 Å². The number of likely N-dealkylation sites (N-methyl/N-ethyl adjacent to an activating group) is 1. The van der Waals surface area contributed by atoms with Gasteiger partial charge in [0.05, 0.1) is 18.0 Å². The second-order valence-electron chi connectivity index (χ2n) is 6.56. The fourth-order valence-corrected chi connectivity index (χ4v) is 3.24. The first kappa shape index (κ1) is 17.8. The lowest BCUT2D eigenvalue weighted by molar-refractivity contribution is -0.145. The molecule has 1 aromatic carbocycles. The summed E-state index contributed by atoms with van der Waals surface area (Å²) >= 11 is 0. The third kappa shape index (κ3) is 3.66. The number of hydrogen-bond donors (Lipinski definition) is 1. The Hall–Kier alpha value is -2.96. The van der Waals surface area contributed by atoms with E-state index in [9.17, 15) is 14.4 Å². The molecule has 1 fully saturated rings. The summed E-state index contributed by atoms with van der Waals surface area (Å²) in [4.78, 5) is 43.3. The second kappa shape index (κ2) is 7.51. The zero-order valence-electron chi connectivity index (χ0n) is 14.6. The Morgan fingerprint density at radius 1 is 1.19 bits per heavy atom. The van der Waals surface area contributed by atoms with E-state index in [2.05, 4.69) is 4.98 Å². The molecule has 136 valence electrons. The van der Waals surface area contributed by atoms with Crippen molar-refractivity contribution in [2.75, 3.05) is 26.7 Å². The molecule has 1 saturated heterocycles. The Bertz CT molecular complexity index is 838. The number of pyridine rings is 1. The van der Waals surface area contributed by atoms with Gasteiger partial charge in [0, 0.05) is 37.9 Å². The third-order valence-corrected chi connectivity index (χ3v) is 4.81. The number of carbonyl (C=O) groups is 3. The summed E-state index contributed by atoms with van der Waals surface area (Å²) in [5, 5.41) is 10.7. The van der Waals surface area contributed by atoms with Crippen LogP contribution in [-0.2, 0) is 9.59 Å². The molecule has 0 unspecified atom stereocenters. The van der Waals surface area contributed by atoms with E-state index in [1.54, 1.807) is 18.1 Å². The molecule has 0 saturated carbocycles. The van der Waals surface area contributed by atoms with Crippen molar-refractivity contribution in [3.05, 3.63) is 42.2 Å². The van der Waals surface area contributed by atoms with E-state index in [4.69, 9.17) is 5.11 Å². The molecule has 0 aliphatic carbocycles. The number of amides is 2. The van der Waals surface area contributed by atoms with E-state index < -0.39 is 5.97 Å². The van der Waals surface area contributed by atoms with Crippen molar-refractivity contribution < 1.29 is 19.5 Å². The fraction of sp³-hybridized carbons (Fsp3) is 0.368. The van der Waals surface area contributed by atoms with Crippen LogP contribution in [0.5, 0.6) is 0 Å². The molecular weight excluding hydrogens is 334 g/mol. The number of carbonyl (C=O) groups excluding carboxylic acids is 2. The summed E-state index contributed by atoms with van der Waals surface area (Å²) < 4.78 is 0. The molecule has 2 heterocycles. The number of piperidine rings is 1. The van der Waals surface area contributed by atoms with Gasteiger partial charge in [-0.05, 0) is 18.2 Å². The molecule has 1 aliphatic rings. The van der Waals surface area contributed by atoms with Gasteiger partial charge in [0.1, 0.15) is 0 Å². The predicted molar refractivity (Wildman–Crippen MR) is 95.6 cm³/mol. The quantitative estimate of drug-likeness (QED) is 0.900. The van der Waals surface area contributed by atoms with Gasteiger partial charge in [-0.3, -0.25) is 19.4 Å². The topological polar surface area (TPSA) is 90.8 Å². The first-order valence-corrected chi connectivity index (χ1v) is 8.56. The van der Waals surface area contributed by atoms with E-state index >= 15 is 0 Å². The van der Waals surface area contributed by atoms with Crippen LogP contribution in [0.3, 0.4) is 0 Å². The lowest BCUT2D eigenvalue weighted by Crippen LogP contribution is -2.45. The monoisotopic (exact) mass is 355 g/mol. The number of fused-ring (bicyclic) bond motifs is 1. The summed E-state index contributed by atoms with van der Waals surface area (Å²) in [5.74, 6) is -1.63. The molecule has 0 radical (unpaired) electrons. The highest BCUT2D eigenvalue weighted by atomic mass is 16.4. The standard InChI is InChI=1S/C19H21N3O4/c1-21(12-17(23)22-8-6-13(7-9-22)19(25)26)18(24)16-11-20-10-14-4-2-3-5-15(14)16/h2-5,10-11,13H,6-9,12H2,1H3,(H,25,26). The van der Waals surface area contributed by atoms with E-state index in [0.29, 0.717) is 31.5 Å². The van der Waals surface area contributed by atoms with E-state index in [0.717, 1.165) is 10.8 Å². The Morgan fingerprint density at radius 2 is 1.88 bits per heavy atom. The number of likely N-dealkylation sites (tertiary alicyclic amines) is 1. The zero-order valence-corrected chi connectivity index (χ0v) is 14.6. The third-order valence-electron chi connectivity index (χ3n) is 4.81. The van der Waals surface area contributed by atoms with Crippen LogP contribution in [0.1, 0.15) is 23.2 Å². The molecule has 1 aromatic heterocycles. The van der Waals surface area contributed by atoms with Crippen LogP contribution in [0.2, 0.25) is 0 Å². The highest BCUT2D eigenvalue weighted by Gasteiger charge is 2.28. The molecule has 0 bridgehead atoms. The lowest BCUT2D eigenvalue weighted by atomic mass is 9.97. The molecule has 2 amide bonds. The summed E-state index contributed by atoms with van der Waals surface area (Å²) in [5.41, 5.74) is 0.461. The number of hydrogen-bond acceptors (Lipinski definition) is 4. The molecule has 7 nitrogen and oxygen atoms in total. The smallest absolute Gasteiger partial charge is 0.306 e. The minimum atomic E-state index is -0.812. The molecule has 7 heteroatoms. The van der Waals surface area contributed by atoms with Crippen molar-refractivity contribution in [2.45, 2.75) is 12.8 Å². The lowest BCUT2D eigenvalue weighted by Gasteiger charge is -2.31. The van der Waals surface area contributed by atoms with Crippen molar-refractivity contribution in [3.8, 4) is 0 Å². The average Bonchev–Trinajstić information content (AvgIpc) is 2.66. The average molecular weight is 355 g/mol. The predicted octanol–water partition coefficient (Wildman–Crippen LogP) is 1.63. The minimum Gasteiger partial charge on any atom is -0.481 e. The number of benzene rings is 1.